The quantitative estimate of drug-likeness (QED) is 0.863. The molecule has 1 aliphatic heterocycles. The van der Waals surface area contributed by atoms with Gasteiger partial charge >= 0.3 is 0 Å². The molecule has 2 aromatic carbocycles. The van der Waals surface area contributed by atoms with Crippen LogP contribution in [0, 0.1) is 6.92 Å². The molecule has 0 aromatic heterocycles. The second kappa shape index (κ2) is 4.83. The highest BCUT2D eigenvalue weighted by Gasteiger charge is 2.15. The molecule has 0 amide bonds. The lowest BCUT2D eigenvalue weighted by molar-refractivity contribution is 0.267. The van der Waals surface area contributed by atoms with Crippen molar-refractivity contribution in [1.29, 1.82) is 0 Å². The lowest BCUT2D eigenvalue weighted by Crippen LogP contribution is -2.33. The van der Waals surface area contributed by atoms with Crippen LogP contribution >= 0.6 is 0 Å². The minimum atomic E-state index is 0.922. The van der Waals surface area contributed by atoms with Gasteiger partial charge in [-0.25, -0.2) is 0 Å². The third-order valence-corrected chi connectivity index (χ3v) is 3.56. The maximum Gasteiger partial charge on any atom is 0.0684 e. The molecule has 0 aliphatic carbocycles. The van der Waals surface area contributed by atoms with Crippen LogP contribution in [0.25, 0.3) is 0 Å². The molecule has 1 N–H and O–H groups in total. The van der Waals surface area contributed by atoms with Gasteiger partial charge in [0.15, 0.2) is 0 Å². The molecule has 0 fully saturated rings. The van der Waals surface area contributed by atoms with E-state index in [0.29, 0.717) is 0 Å². The number of aryl methyl sites for hydroxylation is 1. The molecule has 0 unspecified atom stereocenters. The summed E-state index contributed by atoms with van der Waals surface area (Å²) in [6.07, 6.45) is 0. The summed E-state index contributed by atoms with van der Waals surface area (Å²) in [7, 11) is 0. The molecular formula is C16H18N2. The monoisotopic (exact) mass is 238 g/mol. The van der Waals surface area contributed by atoms with Gasteiger partial charge in [-0.3, -0.25) is 4.90 Å². The van der Waals surface area contributed by atoms with Crippen LogP contribution in [-0.4, -0.2) is 11.6 Å². The van der Waals surface area contributed by atoms with Crippen LogP contribution in [0.5, 0.6) is 0 Å². The van der Waals surface area contributed by atoms with Crippen LogP contribution in [-0.2, 0) is 13.1 Å². The molecule has 0 saturated carbocycles. The molecule has 1 heterocycles. The van der Waals surface area contributed by atoms with Gasteiger partial charge in [0, 0.05) is 18.8 Å². The Morgan fingerprint density at radius 1 is 1.06 bits per heavy atom. The topological polar surface area (TPSA) is 15.3 Å². The normalized spacial score (nSPS) is 14.9. The van der Waals surface area contributed by atoms with Gasteiger partial charge in [-0.2, -0.15) is 0 Å². The van der Waals surface area contributed by atoms with Crippen LogP contribution in [0.4, 0.5) is 5.69 Å². The molecule has 92 valence electrons. The van der Waals surface area contributed by atoms with Gasteiger partial charge in [0.2, 0.25) is 0 Å². The molecule has 3 rings (SSSR count). The Morgan fingerprint density at radius 2 is 1.83 bits per heavy atom. The van der Waals surface area contributed by atoms with Crippen molar-refractivity contribution in [1.82, 2.24) is 4.90 Å². The summed E-state index contributed by atoms with van der Waals surface area (Å²) in [6, 6.07) is 17.2. The second-order valence-corrected chi connectivity index (χ2v) is 4.91. The second-order valence-electron chi connectivity index (χ2n) is 4.91. The maximum absolute atomic E-state index is 3.48. The molecule has 0 spiro atoms. The van der Waals surface area contributed by atoms with E-state index in [9.17, 15) is 0 Å². The molecule has 0 atom stereocenters. The Hall–Kier alpha value is -1.80. The molecule has 0 saturated heterocycles. The van der Waals surface area contributed by atoms with E-state index in [0.717, 1.165) is 19.8 Å². The zero-order valence-electron chi connectivity index (χ0n) is 10.7. The lowest BCUT2D eigenvalue weighted by Gasteiger charge is -2.30. The average Bonchev–Trinajstić information content (AvgIpc) is 2.41. The van der Waals surface area contributed by atoms with Crippen molar-refractivity contribution in [3.05, 3.63) is 65.2 Å². The largest absolute Gasteiger partial charge is 0.372 e. The van der Waals surface area contributed by atoms with E-state index in [-0.39, 0.29) is 0 Å². The fraction of sp³-hybridized carbons (Fsp3) is 0.250. The van der Waals surface area contributed by atoms with E-state index in [1.54, 1.807) is 0 Å². The number of nitrogens with one attached hydrogen (secondary N) is 1. The first-order valence-corrected chi connectivity index (χ1v) is 6.41. The summed E-state index contributed by atoms with van der Waals surface area (Å²) in [5.74, 6) is 0. The SMILES string of the molecule is Cc1ccccc1CN1CNc2ccccc2C1. The highest BCUT2D eigenvalue weighted by Crippen LogP contribution is 2.23. The van der Waals surface area contributed by atoms with Gasteiger partial charge in [0.25, 0.3) is 0 Å². The Balaban J connectivity index is 1.75. The van der Waals surface area contributed by atoms with E-state index >= 15 is 0 Å². The van der Waals surface area contributed by atoms with E-state index in [4.69, 9.17) is 0 Å². The van der Waals surface area contributed by atoms with Crippen molar-refractivity contribution >= 4 is 5.69 Å². The predicted molar refractivity (Wildman–Crippen MR) is 75.4 cm³/mol. The zero-order valence-corrected chi connectivity index (χ0v) is 10.7. The number of fused-ring (bicyclic) bond motifs is 1. The number of nitrogens with zero attached hydrogens (tertiary/aromatic N) is 1. The third-order valence-electron chi connectivity index (χ3n) is 3.56. The predicted octanol–water partition coefficient (Wildman–Crippen LogP) is 3.38. The third kappa shape index (κ3) is 2.24. The van der Waals surface area contributed by atoms with E-state index in [1.807, 2.05) is 0 Å². The molecule has 0 radical (unpaired) electrons. The highest BCUT2D eigenvalue weighted by molar-refractivity contribution is 5.52. The van der Waals surface area contributed by atoms with Gasteiger partial charge in [-0.05, 0) is 29.7 Å². The minimum absolute atomic E-state index is 0.922. The molecule has 2 aromatic rings. The average molecular weight is 238 g/mol. The lowest BCUT2D eigenvalue weighted by atomic mass is 10.1. The Labute approximate surface area is 108 Å². The summed E-state index contributed by atoms with van der Waals surface area (Å²) in [6.45, 7) is 5.14. The fourth-order valence-corrected chi connectivity index (χ4v) is 2.46. The minimum Gasteiger partial charge on any atom is -0.372 e. The van der Waals surface area contributed by atoms with E-state index < -0.39 is 0 Å². The maximum atomic E-state index is 3.48. The van der Waals surface area contributed by atoms with Crippen molar-refractivity contribution in [3.8, 4) is 0 Å². The smallest absolute Gasteiger partial charge is 0.0684 e. The van der Waals surface area contributed by atoms with Gasteiger partial charge < -0.3 is 5.32 Å². The fourth-order valence-electron chi connectivity index (χ4n) is 2.46. The van der Waals surface area contributed by atoms with Crippen molar-refractivity contribution < 1.29 is 0 Å². The molecule has 0 bridgehead atoms. The first kappa shape index (κ1) is 11.3. The van der Waals surface area contributed by atoms with Crippen LogP contribution in [0.15, 0.2) is 48.5 Å². The summed E-state index contributed by atoms with van der Waals surface area (Å²) in [5.41, 5.74) is 5.45. The van der Waals surface area contributed by atoms with Crippen molar-refractivity contribution in [2.75, 3.05) is 12.0 Å². The standard InChI is InChI=1S/C16H18N2/c1-13-6-2-3-7-14(13)10-18-11-15-8-4-5-9-16(15)17-12-18/h2-9,17H,10-12H2,1H3. The molecule has 18 heavy (non-hydrogen) atoms. The number of hydrogen-bond acceptors (Lipinski definition) is 2. The Morgan fingerprint density at radius 3 is 2.72 bits per heavy atom. The van der Waals surface area contributed by atoms with Gasteiger partial charge in [0.1, 0.15) is 0 Å². The summed E-state index contributed by atoms with van der Waals surface area (Å²) in [5, 5.41) is 3.48. The van der Waals surface area contributed by atoms with Crippen LogP contribution < -0.4 is 5.32 Å². The molecule has 1 aliphatic rings. The van der Waals surface area contributed by atoms with E-state index in [1.165, 1.54) is 22.4 Å². The summed E-state index contributed by atoms with van der Waals surface area (Å²) in [4.78, 5) is 2.44. The van der Waals surface area contributed by atoms with Gasteiger partial charge in [-0.1, -0.05) is 42.5 Å². The Bertz CT molecular complexity index is 548. The number of rotatable bonds is 2. The molecule has 2 nitrogen and oxygen atoms in total. The number of hydrogen-bond donors (Lipinski definition) is 1. The number of para-hydroxylation sites is 1. The van der Waals surface area contributed by atoms with Crippen LogP contribution in [0.1, 0.15) is 16.7 Å². The van der Waals surface area contributed by atoms with Gasteiger partial charge in [0.05, 0.1) is 6.67 Å². The summed E-state index contributed by atoms with van der Waals surface area (Å²) < 4.78 is 0. The van der Waals surface area contributed by atoms with Crippen molar-refractivity contribution in [3.63, 3.8) is 0 Å². The zero-order chi connectivity index (χ0) is 12.4. The van der Waals surface area contributed by atoms with Crippen molar-refractivity contribution in [2.45, 2.75) is 20.0 Å². The highest BCUT2D eigenvalue weighted by atomic mass is 15.2. The Kier molecular flexibility index (Phi) is 3.03. The number of anilines is 1. The van der Waals surface area contributed by atoms with Crippen LogP contribution in [0.3, 0.4) is 0 Å². The van der Waals surface area contributed by atoms with Crippen molar-refractivity contribution in [2.24, 2.45) is 0 Å². The summed E-state index contributed by atoms with van der Waals surface area (Å²) >= 11 is 0. The molecule has 2 heteroatoms. The molecular weight excluding hydrogens is 220 g/mol. The first-order chi connectivity index (χ1) is 8.83. The van der Waals surface area contributed by atoms with E-state index in [2.05, 4.69) is 65.7 Å². The number of benzene rings is 2. The first-order valence-electron chi connectivity index (χ1n) is 6.41. The van der Waals surface area contributed by atoms with Crippen LogP contribution in [0.2, 0.25) is 0 Å². The van der Waals surface area contributed by atoms with Gasteiger partial charge in [-0.15, -0.1) is 0 Å².